The van der Waals surface area contributed by atoms with Gasteiger partial charge in [-0.3, -0.25) is 4.79 Å². The number of benzene rings is 2. The maximum absolute atomic E-state index is 12.5. The molecule has 0 spiro atoms. The first-order valence-electron chi connectivity index (χ1n) is 15.0. The molecule has 2 saturated heterocycles. The van der Waals surface area contributed by atoms with E-state index in [0.29, 0.717) is 44.8 Å². The van der Waals surface area contributed by atoms with Crippen LogP contribution in [0, 0.1) is 6.57 Å². The topological polar surface area (TPSA) is 78.6 Å². The number of carbonyl (C=O) groups is 1. The van der Waals surface area contributed by atoms with Crippen LogP contribution in [0.5, 0.6) is 11.8 Å². The molecule has 3 aromatic rings. The van der Waals surface area contributed by atoms with Gasteiger partial charge in [0, 0.05) is 48.9 Å². The predicted molar refractivity (Wildman–Crippen MR) is 168 cm³/mol. The van der Waals surface area contributed by atoms with Crippen LogP contribution in [0.3, 0.4) is 0 Å². The summed E-state index contributed by atoms with van der Waals surface area (Å²) in [5.74, 6) is 1.56. The Morgan fingerprint density at radius 3 is 2.79 bits per heavy atom. The number of hydrogen-bond donors (Lipinski definition) is 0. The van der Waals surface area contributed by atoms with Crippen molar-refractivity contribution in [2.45, 2.75) is 37.9 Å². The Hall–Kier alpha value is -4.36. The molecule has 0 radical (unpaired) electrons. The molecule has 0 N–H and O–H groups in total. The number of rotatable bonds is 8. The van der Waals surface area contributed by atoms with Gasteiger partial charge in [-0.25, -0.2) is 6.57 Å². The van der Waals surface area contributed by atoms with Crippen LogP contribution in [-0.2, 0) is 17.8 Å². The van der Waals surface area contributed by atoms with Crippen molar-refractivity contribution in [2.24, 2.45) is 0 Å². The zero-order valence-corrected chi connectivity index (χ0v) is 25.0. The largest absolute Gasteiger partial charge is 0.497 e. The molecule has 224 valence electrons. The minimum Gasteiger partial charge on any atom is -0.497 e. The lowest BCUT2D eigenvalue weighted by molar-refractivity contribution is -0.128. The molecular formula is C33H39N7O3. The fraction of sp³-hybridized carbons (Fsp3) is 0.455. The highest BCUT2D eigenvalue weighted by Crippen LogP contribution is 2.36. The number of carbonyl (C=O) groups excluding carboxylic acids is 1. The highest BCUT2D eigenvalue weighted by atomic mass is 16.5. The number of ether oxygens (including phenoxy) is 2. The van der Waals surface area contributed by atoms with Gasteiger partial charge in [-0.05, 0) is 62.5 Å². The number of amides is 1. The quantitative estimate of drug-likeness (QED) is 0.294. The van der Waals surface area contributed by atoms with E-state index in [1.54, 1.807) is 12.0 Å². The summed E-state index contributed by atoms with van der Waals surface area (Å²) in [6, 6.07) is 13.1. The Balaban J connectivity index is 1.34. The van der Waals surface area contributed by atoms with Crippen LogP contribution in [0.15, 0.2) is 49.1 Å². The van der Waals surface area contributed by atoms with Crippen LogP contribution in [0.1, 0.15) is 24.1 Å². The Morgan fingerprint density at radius 1 is 1.14 bits per heavy atom. The van der Waals surface area contributed by atoms with Crippen LogP contribution in [-0.4, -0.2) is 97.8 Å². The highest BCUT2D eigenvalue weighted by Gasteiger charge is 2.35. The second-order valence-corrected chi connectivity index (χ2v) is 11.6. The van der Waals surface area contributed by atoms with Crippen LogP contribution in [0.4, 0.5) is 11.5 Å². The van der Waals surface area contributed by atoms with Gasteiger partial charge in [-0.15, -0.1) is 0 Å². The smallest absolute Gasteiger partial charge is 0.318 e. The SMILES string of the molecule is [C-]#[N+]CC1CN(c2nc(OC[C@@H]3CCCN3C)nc3c2CCN(c2cccc4ccc(OC)cc24)C3)CCN1C(=O)C=C. The molecule has 6 rings (SSSR count). The van der Waals surface area contributed by atoms with Gasteiger partial charge in [0.1, 0.15) is 24.2 Å². The third kappa shape index (κ3) is 5.82. The molecule has 43 heavy (non-hydrogen) atoms. The summed E-state index contributed by atoms with van der Waals surface area (Å²) in [5, 5.41) is 2.31. The van der Waals surface area contributed by atoms with E-state index in [2.05, 4.69) is 63.5 Å². The zero-order valence-electron chi connectivity index (χ0n) is 25.0. The Bertz CT molecular complexity index is 1550. The molecule has 3 aliphatic rings. The number of piperazine rings is 1. The van der Waals surface area contributed by atoms with Crippen molar-refractivity contribution in [3.05, 3.63) is 71.7 Å². The lowest BCUT2D eigenvalue weighted by Crippen LogP contribution is -2.56. The number of anilines is 2. The molecule has 0 bridgehead atoms. The van der Waals surface area contributed by atoms with Crippen molar-refractivity contribution < 1.29 is 14.3 Å². The summed E-state index contributed by atoms with van der Waals surface area (Å²) in [5.41, 5.74) is 3.22. The number of hydrogen-bond acceptors (Lipinski definition) is 8. The number of fused-ring (bicyclic) bond motifs is 2. The molecule has 3 aliphatic heterocycles. The van der Waals surface area contributed by atoms with Crippen molar-refractivity contribution in [3.8, 4) is 11.8 Å². The fourth-order valence-corrected chi connectivity index (χ4v) is 6.64. The summed E-state index contributed by atoms with van der Waals surface area (Å²) in [4.78, 5) is 34.8. The Kier molecular flexibility index (Phi) is 8.34. The number of nitrogens with zero attached hydrogens (tertiary/aromatic N) is 7. The van der Waals surface area contributed by atoms with Crippen molar-refractivity contribution in [1.29, 1.82) is 0 Å². The predicted octanol–water partition coefficient (Wildman–Crippen LogP) is 3.80. The van der Waals surface area contributed by atoms with Gasteiger partial charge < -0.3 is 33.9 Å². The third-order valence-corrected chi connectivity index (χ3v) is 9.05. The molecule has 2 fully saturated rings. The van der Waals surface area contributed by atoms with E-state index in [1.807, 2.05) is 6.07 Å². The van der Waals surface area contributed by atoms with E-state index < -0.39 is 0 Å². The van der Waals surface area contributed by atoms with Gasteiger partial charge in [0.2, 0.25) is 12.5 Å². The van der Waals surface area contributed by atoms with Gasteiger partial charge in [-0.2, -0.15) is 9.97 Å². The van der Waals surface area contributed by atoms with E-state index in [9.17, 15) is 4.79 Å². The maximum atomic E-state index is 12.5. The monoisotopic (exact) mass is 581 g/mol. The molecule has 2 aromatic carbocycles. The first-order chi connectivity index (χ1) is 21.0. The third-order valence-electron chi connectivity index (χ3n) is 9.05. The van der Waals surface area contributed by atoms with E-state index >= 15 is 0 Å². The lowest BCUT2D eigenvalue weighted by atomic mass is 10.0. The molecule has 1 unspecified atom stereocenters. The average Bonchev–Trinajstić information content (AvgIpc) is 3.46. The molecule has 2 atom stereocenters. The Morgan fingerprint density at radius 2 is 2.02 bits per heavy atom. The molecule has 1 amide bonds. The van der Waals surface area contributed by atoms with Crippen molar-refractivity contribution in [1.82, 2.24) is 19.8 Å². The highest BCUT2D eigenvalue weighted by molar-refractivity contribution is 5.95. The zero-order chi connectivity index (χ0) is 29.9. The van der Waals surface area contributed by atoms with Crippen molar-refractivity contribution >= 4 is 28.2 Å². The summed E-state index contributed by atoms with van der Waals surface area (Å²) < 4.78 is 11.8. The fourth-order valence-electron chi connectivity index (χ4n) is 6.64. The summed E-state index contributed by atoms with van der Waals surface area (Å²) in [6.45, 7) is 16.1. The van der Waals surface area contributed by atoms with Gasteiger partial charge in [0.15, 0.2) is 0 Å². The molecule has 0 saturated carbocycles. The number of likely N-dealkylation sites (tertiary alicyclic amines) is 1. The summed E-state index contributed by atoms with van der Waals surface area (Å²) in [6.07, 6.45) is 4.38. The van der Waals surface area contributed by atoms with Crippen molar-refractivity contribution in [2.75, 3.05) is 69.8 Å². The summed E-state index contributed by atoms with van der Waals surface area (Å²) in [7, 11) is 3.83. The molecule has 10 nitrogen and oxygen atoms in total. The van der Waals surface area contributed by atoms with Gasteiger partial charge >= 0.3 is 6.01 Å². The molecule has 10 heteroatoms. The van der Waals surface area contributed by atoms with E-state index in [-0.39, 0.29) is 18.5 Å². The maximum Gasteiger partial charge on any atom is 0.318 e. The molecular weight excluding hydrogens is 542 g/mol. The lowest BCUT2D eigenvalue weighted by Gasteiger charge is -2.41. The first kappa shape index (κ1) is 28.7. The second kappa shape index (κ2) is 12.5. The molecule has 1 aromatic heterocycles. The van der Waals surface area contributed by atoms with Gasteiger partial charge in [-0.1, -0.05) is 24.8 Å². The van der Waals surface area contributed by atoms with E-state index in [0.717, 1.165) is 65.2 Å². The second-order valence-electron chi connectivity index (χ2n) is 11.6. The molecule has 0 aliphatic carbocycles. The summed E-state index contributed by atoms with van der Waals surface area (Å²) >= 11 is 0. The average molecular weight is 582 g/mol. The minimum atomic E-state index is -0.232. The van der Waals surface area contributed by atoms with Gasteiger partial charge in [0.05, 0.1) is 19.3 Å². The van der Waals surface area contributed by atoms with Crippen LogP contribution in [0.25, 0.3) is 15.6 Å². The minimum absolute atomic E-state index is 0.134. The van der Waals surface area contributed by atoms with Crippen molar-refractivity contribution in [3.63, 3.8) is 0 Å². The van der Waals surface area contributed by atoms with Crippen LogP contribution >= 0.6 is 0 Å². The van der Waals surface area contributed by atoms with Crippen LogP contribution < -0.4 is 19.3 Å². The molecule has 4 heterocycles. The number of methoxy groups -OCH3 is 1. The van der Waals surface area contributed by atoms with E-state index in [1.165, 1.54) is 12.5 Å². The standard InChI is InChI=1S/C33H39N7O3/c1-5-31(41)40-17-16-39(20-25(40)19-34-2)32-27-13-15-38(30-10-6-8-23-11-12-26(42-4)18-28(23)30)21-29(27)35-33(36-32)43-22-24-9-7-14-37(24)3/h5-6,8,10-12,18,24-25H,1,7,9,13-17,19-22H2,3-4H3/t24-,25?/m0/s1. The van der Waals surface area contributed by atoms with Gasteiger partial charge in [0.25, 0.3) is 0 Å². The first-order valence-corrected chi connectivity index (χ1v) is 15.0. The van der Waals surface area contributed by atoms with Crippen LogP contribution in [0.2, 0.25) is 0 Å². The van der Waals surface area contributed by atoms with E-state index in [4.69, 9.17) is 26.0 Å². The normalized spacial score (nSPS) is 20.5. The number of aromatic nitrogens is 2. The Labute approximate surface area is 253 Å². The number of likely N-dealkylation sites (N-methyl/N-ethyl adjacent to an activating group) is 1.